The van der Waals surface area contributed by atoms with Crippen molar-refractivity contribution in [1.29, 1.82) is 0 Å². The minimum atomic E-state index is -0.426. The van der Waals surface area contributed by atoms with E-state index in [4.69, 9.17) is 9.47 Å². The molecule has 7 heteroatoms. The molecule has 330 valence electrons. The molecule has 7 nitrogen and oxygen atoms in total. The molecule has 0 saturated carbocycles. The number of carbonyl (C=O) groups excluding carboxylic acids is 2. The van der Waals surface area contributed by atoms with Crippen LogP contribution in [0.15, 0.2) is 205 Å². The van der Waals surface area contributed by atoms with Crippen LogP contribution in [-0.4, -0.2) is 36.4 Å². The van der Waals surface area contributed by atoms with Gasteiger partial charge in [-0.05, 0) is 110 Å². The molecule has 9 rings (SSSR count). The van der Waals surface area contributed by atoms with Gasteiger partial charge in [-0.1, -0.05) is 123 Å². The second-order valence-electron chi connectivity index (χ2n) is 18.2. The molecule has 6 aromatic carbocycles. The molecule has 1 aliphatic carbocycles. The molecule has 3 aliphatic rings. The van der Waals surface area contributed by atoms with E-state index in [0.29, 0.717) is 24.2 Å². The SMILES string of the molecule is COC(=O)c1ccc2c(c1)C(C)(C)C(/C=C/C1=C(N(c3ccccc3)c3ccccc3)C(=C/C=C3/N(Cc4ccccc4)c4ccc(C(=O)OC)cc4C3(C)C)/CC1)=[N+]2Cc1ccccc1. The first-order valence-electron chi connectivity index (χ1n) is 22.7. The summed E-state index contributed by atoms with van der Waals surface area (Å²) in [5.41, 5.74) is 15.0. The lowest BCUT2D eigenvalue weighted by Gasteiger charge is -2.29. The number of fused-ring (bicyclic) bond motifs is 2. The molecule has 0 N–H and O–H groups in total. The lowest BCUT2D eigenvalue weighted by molar-refractivity contribution is -0.455. The van der Waals surface area contributed by atoms with Crippen molar-refractivity contribution in [1.82, 2.24) is 0 Å². The Balaban J connectivity index is 1.21. The zero-order valence-corrected chi connectivity index (χ0v) is 38.6. The summed E-state index contributed by atoms with van der Waals surface area (Å²) >= 11 is 0. The van der Waals surface area contributed by atoms with Gasteiger partial charge in [0.25, 0.3) is 0 Å². The summed E-state index contributed by atoms with van der Waals surface area (Å²) in [6.07, 6.45) is 10.9. The van der Waals surface area contributed by atoms with Crippen LogP contribution in [-0.2, 0) is 33.4 Å². The number of rotatable bonds is 12. The summed E-state index contributed by atoms with van der Waals surface area (Å²) in [6, 6.07) is 54.2. The topological polar surface area (TPSA) is 62.1 Å². The lowest BCUT2D eigenvalue weighted by atomic mass is 9.80. The molecular weight excluding hydrogens is 815 g/mol. The zero-order valence-electron chi connectivity index (χ0n) is 38.6. The largest absolute Gasteiger partial charge is 0.465 e. The number of benzene rings is 6. The molecule has 0 saturated heterocycles. The number of carbonyl (C=O) groups is 2. The minimum Gasteiger partial charge on any atom is -0.465 e. The maximum Gasteiger partial charge on any atom is 0.337 e. The van der Waals surface area contributed by atoms with Gasteiger partial charge < -0.3 is 19.3 Å². The molecule has 0 radical (unpaired) electrons. The number of nitrogens with zero attached hydrogens (tertiary/aromatic N) is 3. The third kappa shape index (κ3) is 8.22. The summed E-state index contributed by atoms with van der Waals surface area (Å²) in [7, 11) is 2.86. The van der Waals surface area contributed by atoms with Crippen molar-refractivity contribution in [3.8, 4) is 0 Å². The molecule has 0 spiro atoms. The molecule has 2 heterocycles. The van der Waals surface area contributed by atoms with E-state index in [0.717, 1.165) is 63.8 Å². The fourth-order valence-electron chi connectivity index (χ4n) is 9.96. The molecule has 6 aromatic rings. The molecule has 0 fully saturated rings. The van der Waals surface area contributed by atoms with E-state index in [-0.39, 0.29) is 11.9 Å². The van der Waals surface area contributed by atoms with E-state index in [1.54, 1.807) is 0 Å². The molecule has 2 aliphatic heterocycles. The summed E-state index contributed by atoms with van der Waals surface area (Å²) in [5.74, 6) is -0.689. The highest BCUT2D eigenvalue weighted by atomic mass is 16.5. The van der Waals surface area contributed by atoms with Crippen molar-refractivity contribution in [2.45, 2.75) is 64.5 Å². The third-order valence-corrected chi connectivity index (χ3v) is 13.4. The third-order valence-electron chi connectivity index (χ3n) is 13.4. The van der Waals surface area contributed by atoms with Gasteiger partial charge in [0.15, 0.2) is 12.3 Å². The normalized spacial score (nSPS) is 17.2. The van der Waals surface area contributed by atoms with Crippen LogP contribution >= 0.6 is 0 Å². The first-order valence-corrected chi connectivity index (χ1v) is 22.7. The summed E-state index contributed by atoms with van der Waals surface area (Å²) in [5, 5.41) is 0. The Labute approximate surface area is 389 Å². The van der Waals surface area contributed by atoms with Gasteiger partial charge in [-0.3, -0.25) is 0 Å². The Kier molecular flexibility index (Phi) is 12.0. The van der Waals surface area contributed by atoms with Crippen molar-refractivity contribution in [2.24, 2.45) is 0 Å². The van der Waals surface area contributed by atoms with Crippen LogP contribution < -0.4 is 9.80 Å². The van der Waals surface area contributed by atoms with Crippen LogP contribution in [0.2, 0.25) is 0 Å². The van der Waals surface area contributed by atoms with Crippen molar-refractivity contribution in [2.75, 3.05) is 24.0 Å². The van der Waals surface area contributed by atoms with Crippen LogP contribution in [0.25, 0.3) is 0 Å². The van der Waals surface area contributed by atoms with Gasteiger partial charge >= 0.3 is 11.9 Å². The van der Waals surface area contributed by atoms with Crippen LogP contribution in [0, 0.1) is 0 Å². The predicted molar refractivity (Wildman–Crippen MR) is 266 cm³/mol. The Bertz CT molecular complexity index is 2920. The molecule has 0 unspecified atom stereocenters. The number of hydrogen-bond acceptors (Lipinski definition) is 6. The van der Waals surface area contributed by atoms with Crippen molar-refractivity contribution >= 4 is 40.4 Å². The fourth-order valence-corrected chi connectivity index (χ4v) is 9.96. The van der Waals surface area contributed by atoms with E-state index in [1.807, 2.05) is 36.4 Å². The standard InChI is InChI=1S/C59H56N3O4/c1-58(2)49-37-45(56(63)65-5)29-33-51(49)60(39-41-19-11-7-12-20-41)53(58)35-31-43-27-28-44(55(43)62(47-23-15-9-16-24-47)48-25-17-10-18-26-48)32-36-54-59(3,4)50-38-46(57(64)66-6)30-34-52(50)61(54)40-42-21-13-8-14-22-42/h7-26,29-38H,27-28,39-40H2,1-6H3/q+1. The first-order chi connectivity index (χ1) is 32.0. The van der Waals surface area contributed by atoms with E-state index >= 15 is 0 Å². The number of esters is 2. The van der Waals surface area contributed by atoms with Gasteiger partial charge in [-0.2, -0.15) is 4.58 Å². The van der Waals surface area contributed by atoms with Gasteiger partial charge in [0.1, 0.15) is 0 Å². The van der Waals surface area contributed by atoms with Gasteiger partial charge in [0.05, 0.1) is 36.5 Å². The Hall–Kier alpha value is -7.51. The first kappa shape index (κ1) is 43.7. The monoisotopic (exact) mass is 870 g/mol. The summed E-state index contributed by atoms with van der Waals surface area (Å²) < 4.78 is 12.7. The quantitative estimate of drug-likeness (QED) is 0.0902. The Morgan fingerprint density at radius 3 is 1.76 bits per heavy atom. The number of ether oxygens (including phenoxy) is 2. The van der Waals surface area contributed by atoms with Crippen LogP contribution in [0.5, 0.6) is 0 Å². The number of anilines is 3. The minimum absolute atomic E-state index is 0.344. The van der Waals surface area contributed by atoms with Gasteiger partial charge in [0, 0.05) is 58.0 Å². The molecule has 66 heavy (non-hydrogen) atoms. The maximum atomic E-state index is 12.8. The fraction of sp³-hybridized carbons (Fsp3) is 0.203. The number of methoxy groups -OCH3 is 2. The number of para-hydroxylation sites is 2. The van der Waals surface area contributed by atoms with Crippen LogP contribution in [0.3, 0.4) is 0 Å². The smallest absolute Gasteiger partial charge is 0.337 e. The zero-order chi connectivity index (χ0) is 46.0. The van der Waals surface area contributed by atoms with Crippen LogP contribution in [0.4, 0.5) is 22.7 Å². The molecule has 0 amide bonds. The Morgan fingerprint density at radius 2 is 1.17 bits per heavy atom. The second-order valence-corrected chi connectivity index (χ2v) is 18.2. The lowest BCUT2D eigenvalue weighted by Crippen LogP contribution is -2.27. The summed E-state index contributed by atoms with van der Waals surface area (Å²) in [4.78, 5) is 30.5. The highest BCUT2D eigenvalue weighted by molar-refractivity contribution is 6.04. The van der Waals surface area contributed by atoms with Crippen molar-refractivity contribution in [3.63, 3.8) is 0 Å². The summed E-state index contributed by atoms with van der Waals surface area (Å²) in [6.45, 7) is 10.3. The van der Waals surface area contributed by atoms with Crippen LogP contribution in [0.1, 0.15) is 83.5 Å². The maximum absolute atomic E-state index is 12.8. The number of allylic oxidation sites excluding steroid dienone is 7. The molecular formula is C59H56N3O4+. The average Bonchev–Trinajstić information content (AvgIpc) is 3.91. The number of hydrogen-bond donors (Lipinski definition) is 0. The van der Waals surface area contributed by atoms with Crippen molar-refractivity contribution in [3.05, 3.63) is 238 Å². The van der Waals surface area contributed by atoms with Gasteiger partial charge in [0.2, 0.25) is 5.69 Å². The highest BCUT2D eigenvalue weighted by Crippen LogP contribution is 2.50. The Morgan fingerprint density at radius 1 is 0.621 bits per heavy atom. The molecule has 0 aromatic heterocycles. The second kappa shape index (κ2) is 18.2. The van der Waals surface area contributed by atoms with Crippen molar-refractivity contribution < 1.29 is 23.6 Å². The van der Waals surface area contributed by atoms with E-state index < -0.39 is 10.8 Å². The van der Waals surface area contributed by atoms with E-state index in [1.165, 1.54) is 36.5 Å². The predicted octanol–water partition coefficient (Wildman–Crippen LogP) is 13.1. The molecule has 0 bridgehead atoms. The molecule has 0 atom stereocenters. The highest BCUT2D eigenvalue weighted by Gasteiger charge is 2.45. The van der Waals surface area contributed by atoms with Gasteiger partial charge in [-0.15, -0.1) is 0 Å². The van der Waals surface area contributed by atoms with E-state index in [9.17, 15) is 9.59 Å². The van der Waals surface area contributed by atoms with E-state index in [2.05, 4.69) is 188 Å². The average molecular weight is 871 g/mol. The van der Waals surface area contributed by atoms with Gasteiger partial charge in [-0.25, -0.2) is 9.59 Å².